The number of aryl methyl sites for hydroxylation is 2. The number of allylic oxidation sites excluding steroid dienone is 1. The van der Waals surface area contributed by atoms with Gasteiger partial charge in [0.2, 0.25) is 0 Å². The number of nitrogens with zero attached hydrogens (tertiary/aromatic N) is 3. The van der Waals surface area contributed by atoms with Crippen LogP contribution in [-0.2, 0) is 4.79 Å². The zero-order valence-corrected chi connectivity index (χ0v) is 16.9. The molecular weight excluding hydrogens is 387 g/mol. The highest BCUT2D eigenvalue weighted by atomic mass is 35.5. The van der Waals surface area contributed by atoms with E-state index in [1.165, 1.54) is 5.57 Å². The average Bonchev–Trinajstić information content (AvgIpc) is 3.51. The SMILES string of the molecule is Cc1n[nH]c(C)c1-c1ncc(NC(=O)C(N)=C(C2CC2)C2CC2)cn1.Cl.Cl. The van der Waals surface area contributed by atoms with Gasteiger partial charge in [-0.3, -0.25) is 9.89 Å². The molecule has 2 heterocycles. The van der Waals surface area contributed by atoms with E-state index in [1.807, 2.05) is 13.8 Å². The van der Waals surface area contributed by atoms with Crippen molar-refractivity contribution in [1.82, 2.24) is 20.2 Å². The predicted molar refractivity (Wildman–Crippen MR) is 109 cm³/mol. The molecule has 2 aromatic heterocycles. The average molecular weight is 411 g/mol. The number of hydrogen-bond donors (Lipinski definition) is 3. The Balaban J connectivity index is 0.00000131. The van der Waals surface area contributed by atoms with Gasteiger partial charge in [-0.25, -0.2) is 9.97 Å². The van der Waals surface area contributed by atoms with Crippen molar-refractivity contribution < 1.29 is 4.79 Å². The molecule has 2 aliphatic rings. The molecule has 0 atom stereocenters. The van der Waals surface area contributed by atoms with Crippen LogP contribution in [0.25, 0.3) is 11.4 Å². The third-order valence-corrected chi connectivity index (χ3v) is 4.85. The first kappa shape index (κ1) is 21.2. The minimum atomic E-state index is -0.249. The number of hydrogen-bond acceptors (Lipinski definition) is 5. The van der Waals surface area contributed by atoms with Crippen molar-refractivity contribution >= 4 is 36.4 Å². The Bertz CT molecular complexity index is 820. The largest absolute Gasteiger partial charge is 0.394 e. The van der Waals surface area contributed by atoms with Gasteiger partial charge in [0.1, 0.15) is 0 Å². The summed E-state index contributed by atoms with van der Waals surface area (Å²) in [7, 11) is 0. The summed E-state index contributed by atoms with van der Waals surface area (Å²) >= 11 is 0. The van der Waals surface area contributed by atoms with E-state index in [2.05, 4.69) is 25.5 Å². The number of carbonyl (C=O) groups excluding carboxylic acids is 1. The second kappa shape index (κ2) is 8.27. The first-order valence-corrected chi connectivity index (χ1v) is 8.69. The predicted octanol–water partition coefficient (Wildman–Crippen LogP) is 3.30. The number of halogens is 2. The van der Waals surface area contributed by atoms with Gasteiger partial charge in [0, 0.05) is 5.69 Å². The molecule has 0 aliphatic heterocycles. The van der Waals surface area contributed by atoms with Gasteiger partial charge in [-0.1, -0.05) is 0 Å². The number of nitrogens with two attached hydrogens (primary N) is 1. The zero-order chi connectivity index (χ0) is 17.6. The fourth-order valence-corrected chi connectivity index (χ4v) is 3.29. The first-order chi connectivity index (χ1) is 12.0. The molecule has 0 aromatic carbocycles. The van der Waals surface area contributed by atoms with Gasteiger partial charge in [0.25, 0.3) is 5.91 Å². The summed E-state index contributed by atoms with van der Waals surface area (Å²) in [4.78, 5) is 21.2. The lowest BCUT2D eigenvalue weighted by Gasteiger charge is -2.11. The Kier molecular flexibility index (Phi) is 6.49. The van der Waals surface area contributed by atoms with Crippen LogP contribution in [-0.4, -0.2) is 26.1 Å². The Morgan fingerprint density at radius 1 is 1.11 bits per heavy atom. The third kappa shape index (κ3) is 4.42. The van der Waals surface area contributed by atoms with Crippen LogP contribution in [0, 0.1) is 25.7 Å². The van der Waals surface area contributed by atoms with Crippen LogP contribution >= 0.6 is 24.8 Å². The highest BCUT2D eigenvalue weighted by Gasteiger charge is 2.39. The maximum absolute atomic E-state index is 12.5. The van der Waals surface area contributed by atoms with Crippen LogP contribution in [0.1, 0.15) is 37.1 Å². The number of aromatic nitrogens is 4. The van der Waals surface area contributed by atoms with Gasteiger partial charge in [0.05, 0.1) is 35.0 Å². The number of carbonyl (C=O) groups is 1. The van der Waals surface area contributed by atoms with Crippen molar-refractivity contribution in [1.29, 1.82) is 0 Å². The molecule has 0 bridgehead atoms. The van der Waals surface area contributed by atoms with Gasteiger partial charge < -0.3 is 11.1 Å². The minimum Gasteiger partial charge on any atom is -0.394 e. The highest BCUT2D eigenvalue weighted by molar-refractivity contribution is 6.03. The molecule has 9 heteroatoms. The fraction of sp³-hybridized carbons (Fsp3) is 0.444. The minimum absolute atomic E-state index is 0. The van der Waals surface area contributed by atoms with E-state index in [-0.39, 0.29) is 30.7 Å². The summed E-state index contributed by atoms with van der Waals surface area (Å²) in [6.07, 6.45) is 7.82. The lowest BCUT2D eigenvalue weighted by Crippen LogP contribution is -2.23. The van der Waals surface area contributed by atoms with Crippen molar-refractivity contribution in [3.63, 3.8) is 0 Å². The topological polar surface area (TPSA) is 110 Å². The van der Waals surface area contributed by atoms with E-state index in [1.54, 1.807) is 12.4 Å². The molecule has 27 heavy (non-hydrogen) atoms. The molecule has 2 aliphatic carbocycles. The maximum atomic E-state index is 12.5. The second-order valence-electron chi connectivity index (χ2n) is 6.98. The molecule has 7 nitrogen and oxygen atoms in total. The molecule has 2 saturated carbocycles. The fourth-order valence-electron chi connectivity index (χ4n) is 3.29. The smallest absolute Gasteiger partial charge is 0.271 e. The normalized spacial score (nSPS) is 15.3. The van der Waals surface area contributed by atoms with Crippen LogP contribution in [0.4, 0.5) is 5.69 Å². The monoisotopic (exact) mass is 410 g/mol. The Morgan fingerprint density at radius 3 is 2.11 bits per heavy atom. The molecule has 4 N–H and O–H groups in total. The maximum Gasteiger partial charge on any atom is 0.271 e. The van der Waals surface area contributed by atoms with E-state index in [0.29, 0.717) is 29.0 Å². The summed E-state index contributed by atoms with van der Waals surface area (Å²) in [6.45, 7) is 3.83. The summed E-state index contributed by atoms with van der Waals surface area (Å²) in [5.74, 6) is 1.37. The lowest BCUT2D eigenvalue weighted by molar-refractivity contribution is -0.113. The summed E-state index contributed by atoms with van der Waals surface area (Å²) in [6, 6.07) is 0. The number of aromatic amines is 1. The van der Waals surface area contributed by atoms with Crippen molar-refractivity contribution in [3.05, 3.63) is 35.1 Å². The number of H-pyrrole nitrogens is 1. The van der Waals surface area contributed by atoms with E-state index < -0.39 is 0 Å². The van der Waals surface area contributed by atoms with Crippen molar-refractivity contribution in [2.75, 3.05) is 5.32 Å². The Morgan fingerprint density at radius 2 is 1.67 bits per heavy atom. The van der Waals surface area contributed by atoms with E-state index in [0.717, 1.165) is 42.6 Å². The molecule has 0 radical (unpaired) electrons. The van der Waals surface area contributed by atoms with Crippen LogP contribution in [0.15, 0.2) is 23.7 Å². The van der Waals surface area contributed by atoms with Gasteiger partial charge in [0.15, 0.2) is 5.82 Å². The summed E-state index contributed by atoms with van der Waals surface area (Å²) in [5.41, 5.74) is 10.9. The Hall–Kier alpha value is -2.12. The van der Waals surface area contributed by atoms with Crippen LogP contribution in [0.5, 0.6) is 0 Å². The highest BCUT2D eigenvalue weighted by Crippen LogP contribution is 2.49. The van der Waals surface area contributed by atoms with Crippen LogP contribution < -0.4 is 11.1 Å². The number of rotatable bonds is 5. The van der Waals surface area contributed by atoms with Gasteiger partial charge in [-0.2, -0.15) is 5.10 Å². The van der Waals surface area contributed by atoms with E-state index >= 15 is 0 Å². The molecular formula is C18H24Cl2N6O. The summed E-state index contributed by atoms with van der Waals surface area (Å²) in [5, 5.41) is 9.89. The van der Waals surface area contributed by atoms with Crippen molar-refractivity contribution in [3.8, 4) is 11.4 Å². The quantitative estimate of drug-likeness (QED) is 0.654. The lowest BCUT2D eigenvalue weighted by atomic mass is 10.0. The molecule has 1 amide bonds. The number of anilines is 1. The molecule has 146 valence electrons. The van der Waals surface area contributed by atoms with Gasteiger partial charge in [-0.05, 0) is 56.9 Å². The molecule has 4 rings (SSSR count). The number of nitrogens with one attached hydrogen (secondary N) is 2. The molecule has 0 spiro atoms. The van der Waals surface area contributed by atoms with E-state index in [9.17, 15) is 4.79 Å². The summed E-state index contributed by atoms with van der Waals surface area (Å²) < 4.78 is 0. The van der Waals surface area contributed by atoms with Crippen molar-refractivity contribution in [2.24, 2.45) is 17.6 Å². The molecule has 0 saturated heterocycles. The van der Waals surface area contributed by atoms with E-state index in [4.69, 9.17) is 5.73 Å². The first-order valence-electron chi connectivity index (χ1n) is 8.69. The van der Waals surface area contributed by atoms with Gasteiger partial charge >= 0.3 is 0 Å². The van der Waals surface area contributed by atoms with Crippen LogP contribution in [0.3, 0.4) is 0 Å². The van der Waals surface area contributed by atoms with Crippen LogP contribution in [0.2, 0.25) is 0 Å². The zero-order valence-electron chi connectivity index (χ0n) is 15.3. The molecule has 2 aromatic rings. The molecule has 2 fully saturated rings. The standard InChI is InChI=1S/C18H22N6O.2ClH/c1-9-14(10(2)24-23-9)17-20-7-13(8-21-17)22-18(25)16(19)15(11-3-4-11)12-5-6-12;;/h7-8,11-12H,3-6,19H2,1-2H3,(H,22,25)(H,23,24);2*1H. The third-order valence-electron chi connectivity index (χ3n) is 4.85. The molecule has 0 unspecified atom stereocenters. The second-order valence-corrected chi connectivity index (χ2v) is 6.98. The Labute approximate surface area is 170 Å². The van der Waals surface area contributed by atoms with Crippen molar-refractivity contribution in [2.45, 2.75) is 39.5 Å². The number of amides is 1. The van der Waals surface area contributed by atoms with Gasteiger partial charge in [-0.15, -0.1) is 24.8 Å².